The molecular formula is C9H15CaNO3. The van der Waals surface area contributed by atoms with Gasteiger partial charge in [0.2, 0.25) is 0 Å². The summed E-state index contributed by atoms with van der Waals surface area (Å²) in [6, 6.07) is 8.54. The molecule has 0 aliphatic heterocycles. The van der Waals surface area contributed by atoms with E-state index in [-0.39, 0.29) is 46.1 Å². The van der Waals surface area contributed by atoms with Crippen LogP contribution in [0.2, 0.25) is 0 Å². The van der Waals surface area contributed by atoms with Crippen molar-refractivity contribution in [1.29, 1.82) is 0 Å². The van der Waals surface area contributed by atoms with Gasteiger partial charge in [0.15, 0.2) is 0 Å². The van der Waals surface area contributed by atoms with E-state index >= 15 is 0 Å². The molecule has 0 heterocycles. The molecule has 1 atom stereocenters. The molecular weight excluding hydrogens is 210 g/mol. The standard InChI is InChI=1S/C9H11NO2.Ca.H2O.2H/c10-8(9(11)12)6-7-4-2-1-3-5-7;;;;/h1-5,8H,6,10H2,(H,11,12);;1H2;;/q;+2;;2*-1/t8-;;;;/m0..../s1. The molecule has 0 aliphatic rings. The van der Waals surface area contributed by atoms with Crippen LogP contribution in [-0.2, 0) is 11.2 Å². The first-order valence-corrected chi connectivity index (χ1v) is 3.72. The molecule has 5 N–H and O–H groups in total. The zero-order valence-corrected chi connectivity index (χ0v) is 10.0. The van der Waals surface area contributed by atoms with Crippen molar-refractivity contribution in [2.24, 2.45) is 5.73 Å². The van der Waals surface area contributed by atoms with Crippen molar-refractivity contribution < 1.29 is 18.2 Å². The van der Waals surface area contributed by atoms with Gasteiger partial charge in [-0.15, -0.1) is 0 Å². The van der Waals surface area contributed by atoms with Crippen molar-refractivity contribution in [1.82, 2.24) is 0 Å². The number of rotatable bonds is 3. The number of nitrogens with two attached hydrogens (primary N) is 1. The van der Waals surface area contributed by atoms with Gasteiger partial charge in [0.05, 0.1) is 0 Å². The van der Waals surface area contributed by atoms with Crippen LogP contribution in [0.4, 0.5) is 0 Å². The SMILES string of the molecule is N[C@@H](Cc1ccccc1)C(=O)O.O.[Ca+2].[H-].[H-]. The zero-order valence-electron chi connectivity index (χ0n) is 9.81. The van der Waals surface area contributed by atoms with Gasteiger partial charge in [-0.3, -0.25) is 4.79 Å². The number of hydrogen-bond acceptors (Lipinski definition) is 2. The second kappa shape index (κ2) is 8.20. The fraction of sp³-hybridized carbons (Fsp3) is 0.222. The van der Waals surface area contributed by atoms with Gasteiger partial charge in [0.25, 0.3) is 0 Å². The summed E-state index contributed by atoms with van der Waals surface area (Å²) < 4.78 is 0. The quantitative estimate of drug-likeness (QED) is 0.689. The molecule has 0 saturated carbocycles. The summed E-state index contributed by atoms with van der Waals surface area (Å²) >= 11 is 0. The average molecular weight is 225 g/mol. The minimum absolute atomic E-state index is 0. The van der Waals surface area contributed by atoms with E-state index in [9.17, 15) is 4.79 Å². The van der Waals surface area contributed by atoms with E-state index in [4.69, 9.17) is 10.8 Å². The molecule has 14 heavy (non-hydrogen) atoms. The second-order valence-electron chi connectivity index (χ2n) is 2.63. The third-order valence-electron chi connectivity index (χ3n) is 1.62. The van der Waals surface area contributed by atoms with Crippen molar-refractivity contribution >= 4 is 43.7 Å². The van der Waals surface area contributed by atoms with E-state index < -0.39 is 12.0 Å². The minimum Gasteiger partial charge on any atom is -1.00 e. The molecule has 76 valence electrons. The van der Waals surface area contributed by atoms with Gasteiger partial charge in [-0.1, -0.05) is 30.3 Å². The second-order valence-corrected chi connectivity index (χ2v) is 2.63. The Morgan fingerprint density at radius 3 is 2.36 bits per heavy atom. The van der Waals surface area contributed by atoms with E-state index in [1.54, 1.807) is 0 Å². The fourth-order valence-corrected chi connectivity index (χ4v) is 0.955. The van der Waals surface area contributed by atoms with E-state index in [0.717, 1.165) is 5.56 Å². The molecule has 0 amide bonds. The fourth-order valence-electron chi connectivity index (χ4n) is 0.955. The van der Waals surface area contributed by atoms with Crippen LogP contribution in [0.25, 0.3) is 0 Å². The van der Waals surface area contributed by atoms with Gasteiger partial charge in [-0.25, -0.2) is 0 Å². The number of hydrogen-bond donors (Lipinski definition) is 2. The van der Waals surface area contributed by atoms with Crippen LogP contribution in [-0.4, -0.2) is 60.3 Å². The largest absolute Gasteiger partial charge is 2.00 e. The van der Waals surface area contributed by atoms with Gasteiger partial charge in [-0.05, 0) is 12.0 Å². The number of benzene rings is 1. The molecule has 1 aromatic rings. The molecule has 0 saturated heterocycles. The van der Waals surface area contributed by atoms with Crippen LogP contribution in [0.15, 0.2) is 30.3 Å². The topological polar surface area (TPSA) is 94.8 Å². The van der Waals surface area contributed by atoms with Crippen LogP contribution in [0.3, 0.4) is 0 Å². The molecule has 1 aromatic carbocycles. The Labute approximate surface area is 115 Å². The van der Waals surface area contributed by atoms with Crippen LogP contribution in [0, 0.1) is 0 Å². The number of aliphatic carboxylic acids is 1. The first kappa shape index (κ1) is 16.3. The van der Waals surface area contributed by atoms with Gasteiger partial charge in [-0.2, -0.15) is 0 Å². The molecule has 0 aliphatic carbocycles. The van der Waals surface area contributed by atoms with E-state index in [2.05, 4.69) is 0 Å². The summed E-state index contributed by atoms with van der Waals surface area (Å²) in [6.07, 6.45) is 0.385. The summed E-state index contributed by atoms with van der Waals surface area (Å²) in [5, 5.41) is 8.52. The van der Waals surface area contributed by atoms with Crippen molar-refractivity contribution in [3.8, 4) is 0 Å². The zero-order chi connectivity index (χ0) is 8.97. The maximum atomic E-state index is 10.4. The van der Waals surface area contributed by atoms with Gasteiger partial charge in [0.1, 0.15) is 6.04 Å². The number of carboxylic acids is 1. The molecule has 0 aromatic heterocycles. The Bertz CT molecular complexity index is 275. The average Bonchev–Trinajstić information content (AvgIpc) is 2.06. The van der Waals surface area contributed by atoms with E-state index in [1.807, 2.05) is 30.3 Å². The molecule has 0 unspecified atom stereocenters. The molecule has 0 spiro atoms. The summed E-state index contributed by atoms with van der Waals surface area (Å²) in [5.41, 5.74) is 6.30. The normalized spacial score (nSPS) is 10.6. The molecule has 1 rings (SSSR count). The van der Waals surface area contributed by atoms with Crippen LogP contribution in [0.5, 0.6) is 0 Å². The van der Waals surface area contributed by atoms with Crippen molar-refractivity contribution in [3.05, 3.63) is 35.9 Å². The smallest absolute Gasteiger partial charge is 1.00 e. The molecule has 0 fully saturated rings. The number of carboxylic acid groups (broad SMARTS) is 1. The van der Waals surface area contributed by atoms with Crippen molar-refractivity contribution in [2.45, 2.75) is 12.5 Å². The van der Waals surface area contributed by atoms with Crippen LogP contribution in [0.1, 0.15) is 8.42 Å². The minimum atomic E-state index is -0.959. The van der Waals surface area contributed by atoms with Crippen molar-refractivity contribution in [3.63, 3.8) is 0 Å². The van der Waals surface area contributed by atoms with Crippen LogP contribution >= 0.6 is 0 Å². The summed E-state index contributed by atoms with van der Waals surface area (Å²) in [7, 11) is 0. The van der Waals surface area contributed by atoms with E-state index in [1.165, 1.54) is 0 Å². The molecule has 0 bridgehead atoms. The first-order chi connectivity index (χ1) is 5.70. The Hall–Kier alpha value is -0.130. The van der Waals surface area contributed by atoms with Crippen molar-refractivity contribution in [2.75, 3.05) is 0 Å². The predicted octanol–water partition coefficient (Wildman–Crippen LogP) is -0.339. The van der Waals surface area contributed by atoms with Gasteiger partial charge >= 0.3 is 43.7 Å². The Balaban J connectivity index is -0.000000180. The maximum Gasteiger partial charge on any atom is 2.00 e. The molecule has 0 radical (unpaired) electrons. The summed E-state index contributed by atoms with van der Waals surface area (Å²) in [4.78, 5) is 10.4. The first-order valence-electron chi connectivity index (χ1n) is 3.72. The van der Waals surface area contributed by atoms with Gasteiger partial charge < -0.3 is 19.2 Å². The third kappa shape index (κ3) is 5.57. The Morgan fingerprint density at radius 1 is 1.43 bits per heavy atom. The number of carbonyl (C=O) groups is 1. The molecule has 4 nitrogen and oxygen atoms in total. The predicted molar refractivity (Wildman–Crippen MR) is 57.3 cm³/mol. The Kier molecular flexibility index (Phi) is 9.55. The maximum absolute atomic E-state index is 10.4. The van der Waals surface area contributed by atoms with Gasteiger partial charge in [0, 0.05) is 0 Å². The third-order valence-corrected chi connectivity index (χ3v) is 1.62. The monoisotopic (exact) mass is 225 g/mol. The summed E-state index contributed by atoms with van der Waals surface area (Å²) in [5.74, 6) is -0.959. The van der Waals surface area contributed by atoms with E-state index in [0.29, 0.717) is 6.42 Å². The summed E-state index contributed by atoms with van der Waals surface area (Å²) in [6.45, 7) is 0. The molecule has 5 heteroatoms. The Morgan fingerprint density at radius 2 is 1.93 bits per heavy atom. The van der Waals surface area contributed by atoms with Crippen LogP contribution < -0.4 is 5.73 Å².